The maximum Gasteiger partial charge on any atom is 0.123 e. The Morgan fingerprint density at radius 3 is 2.32 bits per heavy atom. The lowest BCUT2D eigenvalue weighted by Gasteiger charge is -2.21. The summed E-state index contributed by atoms with van der Waals surface area (Å²) in [6.07, 6.45) is 2.55. The predicted molar refractivity (Wildman–Crippen MR) is 110 cm³/mol. The Hall–Kier alpha value is -2.59. The van der Waals surface area contributed by atoms with Crippen LogP contribution in [-0.4, -0.2) is 12.1 Å². The van der Waals surface area contributed by atoms with Gasteiger partial charge in [0.25, 0.3) is 0 Å². The van der Waals surface area contributed by atoms with E-state index in [0.29, 0.717) is 0 Å². The van der Waals surface area contributed by atoms with Gasteiger partial charge < -0.3 is 14.5 Å². The molecule has 1 atom stereocenters. The van der Waals surface area contributed by atoms with Crippen molar-refractivity contribution < 1.29 is 13.5 Å². The maximum atomic E-state index is 13.3. The van der Waals surface area contributed by atoms with Crippen molar-refractivity contribution in [2.45, 2.75) is 45.3 Å². The zero-order valence-electron chi connectivity index (χ0n) is 16.7. The zero-order chi connectivity index (χ0) is 20.0. The maximum absolute atomic E-state index is 13.3. The molecule has 1 heterocycles. The molecule has 0 unspecified atom stereocenters. The molecular formula is C24H28FNO2. The minimum absolute atomic E-state index is 0.102. The first-order valence-electron chi connectivity index (χ1n) is 9.68. The van der Waals surface area contributed by atoms with Gasteiger partial charge >= 0.3 is 0 Å². The van der Waals surface area contributed by atoms with Crippen molar-refractivity contribution in [1.82, 2.24) is 5.32 Å². The van der Waals surface area contributed by atoms with E-state index >= 15 is 0 Å². The lowest BCUT2D eigenvalue weighted by atomic mass is 9.93. The van der Waals surface area contributed by atoms with E-state index in [9.17, 15) is 4.39 Å². The molecule has 0 aliphatic heterocycles. The highest BCUT2D eigenvalue weighted by Crippen LogP contribution is 2.28. The number of hydrogen-bond acceptors (Lipinski definition) is 3. The number of nitrogens with one attached hydrogen (secondary N) is 1. The van der Waals surface area contributed by atoms with E-state index in [2.05, 4.69) is 17.4 Å². The zero-order valence-corrected chi connectivity index (χ0v) is 16.7. The van der Waals surface area contributed by atoms with Crippen molar-refractivity contribution >= 4 is 0 Å². The number of ether oxygens (including phenoxy) is 1. The first kappa shape index (κ1) is 20.2. The van der Waals surface area contributed by atoms with Gasteiger partial charge in [0.1, 0.15) is 22.9 Å². The molecule has 0 aliphatic rings. The van der Waals surface area contributed by atoms with Crippen LogP contribution in [0.1, 0.15) is 50.0 Å². The minimum atomic E-state index is -0.223. The lowest BCUT2D eigenvalue weighted by Crippen LogP contribution is -2.23. The van der Waals surface area contributed by atoms with E-state index in [1.165, 1.54) is 17.7 Å². The van der Waals surface area contributed by atoms with Gasteiger partial charge in [-0.1, -0.05) is 24.3 Å². The summed E-state index contributed by atoms with van der Waals surface area (Å²) in [6, 6.07) is 18.7. The molecule has 0 amide bonds. The van der Waals surface area contributed by atoms with Gasteiger partial charge in [0.05, 0.1) is 6.26 Å². The summed E-state index contributed by atoms with van der Waals surface area (Å²) in [5, 5.41) is 3.49. The van der Waals surface area contributed by atoms with Crippen molar-refractivity contribution in [1.29, 1.82) is 0 Å². The van der Waals surface area contributed by atoms with Gasteiger partial charge in [-0.05, 0) is 81.3 Å². The lowest BCUT2D eigenvalue weighted by molar-refractivity contribution is 0.131. The Morgan fingerprint density at radius 2 is 1.71 bits per heavy atom. The Morgan fingerprint density at radius 1 is 1.00 bits per heavy atom. The highest BCUT2D eigenvalue weighted by atomic mass is 19.1. The average molecular weight is 381 g/mol. The number of rotatable bonds is 8. The molecule has 0 fully saturated rings. The quantitative estimate of drug-likeness (QED) is 0.493. The summed E-state index contributed by atoms with van der Waals surface area (Å²) in [5.41, 5.74) is 2.07. The third-order valence-electron chi connectivity index (χ3n) is 4.45. The molecule has 0 saturated carbocycles. The van der Waals surface area contributed by atoms with Crippen LogP contribution in [0, 0.1) is 5.82 Å². The summed E-state index contributed by atoms with van der Waals surface area (Å²) in [5.74, 6) is 1.66. The first-order chi connectivity index (χ1) is 13.4. The van der Waals surface area contributed by atoms with Crippen LogP contribution in [0.15, 0.2) is 71.3 Å². The number of hydrogen-bond donors (Lipinski definition) is 1. The normalized spacial score (nSPS) is 12.7. The van der Waals surface area contributed by atoms with Crippen molar-refractivity contribution in [3.8, 4) is 5.75 Å². The van der Waals surface area contributed by atoms with Crippen molar-refractivity contribution in [3.05, 3.63) is 89.6 Å². The van der Waals surface area contributed by atoms with Crippen molar-refractivity contribution in [3.63, 3.8) is 0 Å². The summed E-state index contributed by atoms with van der Waals surface area (Å²) in [7, 11) is 0. The van der Waals surface area contributed by atoms with Crippen molar-refractivity contribution in [2.75, 3.05) is 6.54 Å². The molecule has 1 aromatic heterocycles. The van der Waals surface area contributed by atoms with Gasteiger partial charge in [0.15, 0.2) is 0 Å². The third-order valence-corrected chi connectivity index (χ3v) is 4.45. The summed E-state index contributed by atoms with van der Waals surface area (Å²) >= 11 is 0. The predicted octanol–water partition coefficient (Wildman–Crippen LogP) is 5.91. The van der Waals surface area contributed by atoms with E-state index in [-0.39, 0.29) is 17.3 Å². The van der Waals surface area contributed by atoms with E-state index in [4.69, 9.17) is 9.15 Å². The van der Waals surface area contributed by atoms with Crippen LogP contribution < -0.4 is 10.1 Å². The summed E-state index contributed by atoms with van der Waals surface area (Å²) in [4.78, 5) is 0. The molecule has 3 nitrogen and oxygen atoms in total. The van der Waals surface area contributed by atoms with Crippen LogP contribution in [0.5, 0.6) is 5.75 Å². The van der Waals surface area contributed by atoms with Gasteiger partial charge in [-0.3, -0.25) is 0 Å². The molecule has 1 N–H and O–H groups in total. The summed E-state index contributed by atoms with van der Waals surface area (Å²) < 4.78 is 24.7. The standard InChI is InChI=1S/C24H28FNO2/c1-24(2,3)28-21-12-6-18(7-13-21)17-26-15-14-22(23-5-4-16-27-23)19-8-10-20(25)11-9-19/h4-13,16,22,26H,14-15,17H2,1-3H3/t22-/m1/s1. The topological polar surface area (TPSA) is 34.4 Å². The molecule has 0 bridgehead atoms. The fourth-order valence-electron chi connectivity index (χ4n) is 3.17. The Kier molecular flexibility index (Phi) is 6.53. The molecule has 0 radical (unpaired) electrons. The molecule has 4 heteroatoms. The number of halogens is 1. The smallest absolute Gasteiger partial charge is 0.123 e. The van der Waals surface area contributed by atoms with Gasteiger partial charge in [0.2, 0.25) is 0 Å². The molecule has 2 aromatic carbocycles. The molecule has 28 heavy (non-hydrogen) atoms. The van der Waals surface area contributed by atoms with Crippen LogP contribution >= 0.6 is 0 Å². The Labute approximate surface area is 166 Å². The van der Waals surface area contributed by atoms with E-state index in [0.717, 1.165) is 36.6 Å². The average Bonchev–Trinajstić information content (AvgIpc) is 3.17. The van der Waals surface area contributed by atoms with E-state index < -0.39 is 0 Å². The number of benzene rings is 2. The van der Waals surface area contributed by atoms with E-state index in [1.54, 1.807) is 6.26 Å². The van der Waals surface area contributed by atoms with E-state index in [1.807, 2.05) is 57.2 Å². The second kappa shape index (κ2) is 9.07. The summed E-state index contributed by atoms with van der Waals surface area (Å²) in [6.45, 7) is 7.73. The monoisotopic (exact) mass is 381 g/mol. The first-order valence-corrected chi connectivity index (χ1v) is 9.68. The van der Waals surface area contributed by atoms with Crippen LogP contribution in [0.2, 0.25) is 0 Å². The Bertz CT molecular complexity index is 834. The van der Waals surface area contributed by atoms with Crippen molar-refractivity contribution in [2.24, 2.45) is 0 Å². The molecular weight excluding hydrogens is 353 g/mol. The largest absolute Gasteiger partial charge is 0.488 e. The highest BCUT2D eigenvalue weighted by molar-refractivity contribution is 5.29. The van der Waals surface area contributed by atoms with Crippen LogP contribution in [0.25, 0.3) is 0 Å². The highest BCUT2D eigenvalue weighted by Gasteiger charge is 2.17. The second-order valence-electron chi connectivity index (χ2n) is 7.94. The minimum Gasteiger partial charge on any atom is -0.488 e. The van der Waals surface area contributed by atoms with Gasteiger partial charge in [-0.25, -0.2) is 4.39 Å². The van der Waals surface area contributed by atoms with Crippen LogP contribution in [0.4, 0.5) is 4.39 Å². The third kappa shape index (κ3) is 5.96. The fourth-order valence-corrected chi connectivity index (χ4v) is 3.17. The van der Waals surface area contributed by atoms with Gasteiger partial charge in [0, 0.05) is 12.5 Å². The number of furan rings is 1. The molecule has 148 valence electrons. The second-order valence-corrected chi connectivity index (χ2v) is 7.94. The van der Waals surface area contributed by atoms with Gasteiger partial charge in [-0.2, -0.15) is 0 Å². The van der Waals surface area contributed by atoms with Crippen LogP contribution in [0.3, 0.4) is 0 Å². The molecule has 3 aromatic rings. The SMILES string of the molecule is CC(C)(C)Oc1ccc(CNCC[C@H](c2ccc(F)cc2)c2ccco2)cc1. The molecule has 0 saturated heterocycles. The van der Waals surface area contributed by atoms with Gasteiger partial charge in [-0.15, -0.1) is 0 Å². The molecule has 0 aliphatic carbocycles. The Balaban J connectivity index is 1.54. The van der Waals surface area contributed by atoms with Crippen LogP contribution in [-0.2, 0) is 6.54 Å². The fraction of sp³-hybridized carbons (Fsp3) is 0.333. The molecule has 0 spiro atoms. The molecule has 3 rings (SSSR count).